The minimum absolute atomic E-state index is 0.703. The van der Waals surface area contributed by atoms with Gasteiger partial charge in [-0.2, -0.15) is 0 Å². The van der Waals surface area contributed by atoms with Crippen LogP contribution in [0.25, 0.3) is 0 Å². The molecule has 1 aliphatic heterocycles. The van der Waals surface area contributed by atoms with Crippen molar-refractivity contribution in [3.05, 3.63) is 15.6 Å². The van der Waals surface area contributed by atoms with Crippen LogP contribution in [0.15, 0.2) is 0 Å². The highest BCUT2D eigenvalue weighted by Gasteiger charge is 2.22. The molecule has 0 saturated carbocycles. The third-order valence-electron chi connectivity index (χ3n) is 3.51. The van der Waals surface area contributed by atoms with Crippen LogP contribution in [0.2, 0.25) is 0 Å². The Labute approximate surface area is 95.1 Å². The van der Waals surface area contributed by atoms with Crippen molar-refractivity contribution < 1.29 is 0 Å². The van der Waals surface area contributed by atoms with E-state index in [1.165, 1.54) is 55.8 Å². The van der Waals surface area contributed by atoms with Crippen molar-refractivity contribution in [1.29, 1.82) is 0 Å². The summed E-state index contributed by atoms with van der Waals surface area (Å²) in [6.45, 7) is 2.34. The average Bonchev–Trinajstić information content (AvgIpc) is 2.74. The fourth-order valence-corrected chi connectivity index (χ4v) is 3.90. The van der Waals surface area contributed by atoms with Gasteiger partial charge < -0.3 is 5.32 Å². The number of nitrogens with one attached hydrogen (secondary N) is 1. The molecule has 0 radical (unpaired) electrons. The number of hydrogen-bond acceptors (Lipinski definition) is 3. The lowest BCUT2D eigenvalue weighted by Gasteiger charge is -2.20. The molecule has 1 atom stereocenters. The molecule has 3 heteroatoms. The van der Waals surface area contributed by atoms with E-state index in [-0.39, 0.29) is 0 Å². The lowest BCUT2D eigenvalue weighted by molar-refractivity contribution is 0.459. The topological polar surface area (TPSA) is 24.9 Å². The Balaban J connectivity index is 1.82. The van der Waals surface area contributed by atoms with Gasteiger partial charge in [0.1, 0.15) is 0 Å². The van der Waals surface area contributed by atoms with Crippen LogP contribution >= 0.6 is 11.3 Å². The molecule has 0 spiro atoms. The summed E-state index contributed by atoms with van der Waals surface area (Å²) in [7, 11) is 0. The quantitative estimate of drug-likeness (QED) is 0.789. The Hall–Kier alpha value is -0.410. The molecule has 2 nitrogen and oxygen atoms in total. The van der Waals surface area contributed by atoms with Gasteiger partial charge in [-0.25, -0.2) is 4.98 Å². The molecule has 1 fully saturated rings. The van der Waals surface area contributed by atoms with E-state index in [2.05, 4.69) is 5.32 Å². The zero-order valence-corrected chi connectivity index (χ0v) is 9.91. The molecule has 82 valence electrons. The molecular weight excluding hydrogens is 204 g/mol. The van der Waals surface area contributed by atoms with Crippen LogP contribution in [-0.2, 0) is 12.8 Å². The van der Waals surface area contributed by atoms with Crippen LogP contribution in [-0.4, -0.2) is 18.1 Å². The molecule has 3 rings (SSSR count). The first kappa shape index (κ1) is 9.79. The van der Waals surface area contributed by atoms with Crippen LogP contribution in [0.3, 0.4) is 0 Å². The van der Waals surface area contributed by atoms with E-state index in [0.29, 0.717) is 5.92 Å². The molecule has 0 aromatic carbocycles. The van der Waals surface area contributed by atoms with E-state index in [1.807, 2.05) is 11.3 Å². The molecule has 1 aromatic rings. The van der Waals surface area contributed by atoms with E-state index in [9.17, 15) is 0 Å². The molecule has 1 saturated heterocycles. The molecule has 0 bridgehead atoms. The number of rotatable bonds is 1. The molecular formula is C12H18N2S. The Bertz CT molecular complexity index is 316. The van der Waals surface area contributed by atoms with Crippen LogP contribution in [0.5, 0.6) is 0 Å². The summed E-state index contributed by atoms with van der Waals surface area (Å²) in [5, 5.41) is 4.89. The van der Waals surface area contributed by atoms with Crippen molar-refractivity contribution in [3.8, 4) is 0 Å². The van der Waals surface area contributed by atoms with Crippen LogP contribution in [0.1, 0.15) is 47.2 Å². The fourth-order valence-electron chi connectivity index (χ4n) is 2.61. The highest BCUT2D eigenvalue weighted by atomic mass is 32.1. The van der Waals surface area contributed by atoms with Gasteiger partial charge in [0.15, 0.2) is 0 Å². The number of piperidine rings is 1. The van der Waals surface area contributed by atoms with Crippen LogP contribution in [0, 0.1) is 0 Å². The van der Waals surface area contributed by atoms with Crippen LogP contribution < -0.4 is 5.32 Å². The van der Waals surface area contributed by atoms with Crippen molar-refractivity contribution in [2.24, 2.45) is 0 Å². The number of thiazole rings is 1. The fraction of sp³-hybridized carbons (Fsp3) is 0.750. The summed E-state index contributed by atoms with van der Waals surface area (Å²) < 4.78 is 0. The van der Waals surface area contributed by atoms with E-state index in [1.54, 1.807) is 4.88 Å². The van der Waals surface area contributed by atoms with Gasteiger partial charge in [0.25, 0.3) is 0 Å². The van der Waals surface area contributed by atoms with E-state index in [0.717, 1.165) is 6.54 Å². The molecule has 15 heavy (non-hydrogen) atoms. The number of fused-ring (bicyclic) bond motifs is 1. The summed E-state index contributed by atoms with van der Waals surface area (Å²) >= 11 is 1.99. The third-order valence-corrected chi connectivity index (χ3v) is 4.83. The lowest BCUT2D eigenvalue weighted by Crippen LogP contribution is -2.28. The highest BCUT2D eigenvalue weighted by Crippen LogP contribution is 2.32. The lowest BCUT2D eigenvalue weighted by atomic mass is 10.00. The molecule has 1 N–H and O–H groups in total. The van der Waals surface area contributed by atoms with Gasteiger partial charge in [0.05, 0.1) is 10.7 Å². The highest BCUT2D eigenvalue weighted by molar-refractivity contribution is 7.11. The van der Waals surface area contributed by atoms with Gasteiger partial charge in [-0.1, -0.05) is 0 Å². The molecule has 0 amide bonds. The van der Waals surface area contributed by atoms with Gasteiger partial charge in [-0.3, -0.25) is 0 Å². The van der Waals surface area contributed by atoms with Gasteiger partial charge in [-0.05, 0) is 45.1 Å². The maximum Gasteiger partial charge on any atom is 0.0974 e. The number of aryl methyl sites for hydroxylation is 2. The Kier molecular flexibility index (Phi) is 2.76. The Morgan fingerprint density at radius 2 is 2.13 bits per heavy atom. The maximum absolute atomic E-state index is 4.85. The van der Waals surface area contributed by atoms with Gasteiger partial charge in [-0.15, -0.1) is 11.3 Å². The summed E-state index contributed by atoms with van der Waals surface area (Å²) in [6, 6.07) is 0. The second-order valence-electron chi connectivity index (χ2n) is 4.67. The van der Waals surface area contributed by atoms with E-state index in [4.69, 9.17) is 4.98 Å². The molecule has 1 aromatic heterocycles. The average molecular weight is 222 g/mol. The first-order valence-electron chi connectivity index (χ1n) is 6.12. The minimum atomic E-state index is 0.703. The predicted molar refractivity (Wildman–Crippen MR) is 63.6 cm³/mol. The summed E-state index contributed by atoms with van der Waals surface area (Å²) in [5.74, 6) is 0.703. The molecule has 2 aliphatic rings. The molecule has 1 aliphatic carbocycles. The monoisotopic (exact) mass is 222 g/mol. The Morgan fingerprint density at radius 3 is 2.93 bits per heavy atom. The van der Waals surface area contributed by atoms with Crippen molar-refractivity contribution in [3.63, 3.8) is 0 Å². The summed E-state index contributed by atoms with van der Waals surface area (Å²) in [6.07, 6.45) is 7.88. The zero-order chi connectivity index (χ0) is 10.1. The standard InChI is InChI=1S/C12H18N2S/c1-2-6-11-10(5-1)14-12(15-11)9-4-3-7-13-8-9/h9,13H,1-8H2. The molecule has 1 unspecified atom stereocenters. The van der Waals surface area contributed by atoms with E-state index >= 15 is 0 Å². The number of hydrogen-bond donors (Lipinski definition) is 1. The Morgan fingerprint density at radius 1 is 1.20 bits per heavy atom. The number of aromatic nitrogens is 1. The summed E-state index contributed by atoms with van der Waals surface area (Å²) in [5.41, 5.74) is 1.42. The first-order chi connectivity index (χ1) is 7.43. The normalized spacial score (nSPS) is 26.3. The van der Waals surface area contributed by atoms with Crippen molar-refractivity contribution in [2.75, 3.05) is 13.1 Å². The minimum Gasteiger partial charge on any atom is -0.316 e. The molecule has 2 heterocycles. The van der Waals surface area contributed by atoms with E-state index < -0.39 is 0 Å². The van der Waals surface area contributed by atoms with Crippen molar-refractivity contribution >= 4 is 11.3 Å². The zero-order valence-electron chi connectivity index (χ0n) is 9.09. The summed E-state index contributed by atoms with van der Waals surface area (Å²) in [4.78, 5) is 6.44. The van der Waals surface area contributed by atoms with Gasteiger partial charge >= 0.3 is 0 Å². The van der Waals surface area contributed by atoms with Crippen molar-refractivity contribution in [1.82, 2.24) is 10.3 Å². The first-order valence-corrected chi connectivity index (χ1v) is 6.94. The second kappa shape index (κ2) is 4.22. The smallest absolute Gasteiger partial charge is 0.0974 e. The van der Waals surface area contributed by atoms with Gasteiger partial charge in [0.2, 0.25) is 0 Å². The maximum atomic E-state index is 4.85. The SMILES string of the molecule is C1CCc2sc(C3CCCNC3)nc2C1. The van der Waals surface area contributed by atoms with Crippen molar-refractivity contribution in [2.45, 2.75) is 44.4 Å². The third kappa shape index (κ3) is 1.95. The van der Waals surface area contributed by atoms with Crippen LogP contribution in [0.4, 0.5) is 0 Å². The second-order valence-corrected chi connectivity index (χ2v) is 5.79. The van der Waals surface area contributed by atoms with Gasteiger partial charge in [0, 0.05) is 17.3 Å². The number of nitrogens with zero attached hydrogens (tertiary/aromatic N) is 1. The predicted octanol–water partition coefficient (Wildman–Crippen LogP) is 2.49. The largest absolute Gasteiger partial charge is 0.316 e.